The van der Waals surface area contributed by atoms with Crippen LogP contribution < -0.4 is 11.0 Å². The van der Waals surface area contributed by atoms with Crippen molar-refractivity contribution in [1.29, 1.82) is 0 Å². The van der Waals surface area contributed by atoms with Gasteiger partial charge in [0.25, 0.3) is 0 Å². The van der Waals surface area contributed by atoms with Gasteiger partial charge in [-0.25, -0.2) is 10.2 Å². The van der Waals surface area contributed by atoms with Gasteiger partial charge in [-0.15, -0.1) is 0 Å². The van der Waals surface area contributed by atoms with Gasteiger partial charge in [0.15, 0.2) is 0 Å². The molecule has 26 heavy (non-hydrogen) atoms. The lowest BCUT2D eigenvalue weighted by Crippen LogP contribution is -2.26. The largest absolute Gasteiger partial charge is 0.392 e. The Morgan fingerprint density at radius 2 is 1.96 bits per heavy atom. The molecule has 0 radical (unpaired) electrons. The Bertz CT molecular complexity index is 928. The molecule has 0 fully saturated rings. The molecule has 5 nitrogen and oxygen atoms in total. The number of anilines is 1. The van der Waals surface area contributed by atoms with E-state index in [0.29, 0.717) is 22.7 Å². The Morgan fingerprint density at radius 3 is 2.69 bits per heavy atom. The van der Waals surface area contributed by atoms with Crippen LogP contribution in [-0.2, 0) is 6.61 Å². The summed E-state index contributed by atoms with van der Waals surface area (Å²) in [6.07, 6.45) is 1.67. The molecule has 132 valence electrons. The molecule has 3 rings (SSSR count). The summed E-state index contributed by atoms with van der Waals surface area (Å²) in [5.74, 6) is 5.59. The van der Waals surface area contributed by atoms with Crippen molar-refractivity contribution >= 4 is 11.4 Å². The Balaban J connectivity index is 1.94. The average molecular weight is 350 g/mol. The van der Waals surface area contributed by atoms with Crippen molar-refractivity contribution in [3.05, 3.63) is 83.9 Å². The molecule has 2 aromatic carbocycles. The van der Waals surface area contributed by atoms with Crippen LogP contribution in [0.3, 0.4) is 0 Å². The Labute approximate surface area is 151 Å². The van der Waals surface area contributed by atoms with Gasteiger partial charge in [0.05, 0.1) is 23.7 Å². The molecule has 0 bridgehead atoms. The Kier molecular flexibility index (Phi) is 5.36. The van der Waals surface area contributed by atoms with E-state index in [1.54, 1.807) is 25.3 Å². The first-order chi connectivity index (χ1) is 12.6. The zero-order valence-corrected chi connectivity index (χ0v) is 14.3. The van der Waals surface area contributed by atoms with Crippen molar-refractivity contribution in [1.82, 2.24) is 4.98 Å². The Hall–Kier alpha value is -3.09. The van der Waals surface area contributed by atoms with Crippen molar-refractivity contribution in [2.75, 3.05) is 5.12 Å². The topological polar surface area (TPSA) is 74.7 Å². The lowest BCUT2D eigenvalue weighted by atomic mass is 10.0. The summed E-state index contributed by atoms with van der Waals surface area (Å²) in [4.78, 5) is 4.22. The lowest BCUT2D eigenvalue weighted by Gasteiger charge is -2.15. The van der Waals surface area contributed by atoms with Crippen LogP contribution in [0.25, 0.3) is 11.1 Å². The molecule has 0 saturated heterocycles. The number of hydrogen-bond donors (Lipinski definition) is 2. The number of hydrogen-bond acceptors (Lipinski definition) is 5. The van der Waals surface area contributed by atoms with Gasteiger partial charge in [0.1, 0.15) is 5.82 Å². The third kappa shape index (κ3) is 4.11. The number of pyridine rings is 1. The fourth-order valence-corrected chi connectivity index (χ4v) is 2.57. The van der Waals surface area contributed by atoms with Gasteiger partial charge in [-0.1, -0.05) is 24.3 Å². The van der Waals surface area contributed by atoms with E-state index in [9.17, 15) is 9.50 Å². The number of halogens is 1. The maximum atomic E-state index is 14.1. The van der Waals surface area contributed by atoms with Gasteiger partial charge < -0.3 is 5.11 Å². The van der Waals surface area contributed by atoms with Gasteiger partial charge in [-0.05, 0) is 53.9 Å². The van der Waals surface area contributed by atoms with Gasteiger partial charge >= 0.3 is 0 Å². The number of nitrogens with two attached hydrogens (primary N) is 1. The third-order valence-electron chi connectivity index (χ3n) is 3.88. The molecule has 3 aromatic rings. The molecule has 1 aromatic heterocycles. The van der Waals surface area contributed by atoms with E-state index in [4.69, 9.17) is 5.84 Å². The first-order valence-corrected chi connectivity index (χ1v) is 8.09. The molecule has 0 atom stereocenters. The highest BCUT2D eigenvalue weighted by atomic mass is 19.1. The summed E-state index contributed by atoms with van der Waals surface area (Å²) in [6, 6.07) is 17.3. The normalized spacial score (nSPS) is 11.5. The monoisotopic (exact) mass is 350 g/mol. The molecule has 0 amide bonds. The quantitative estimate of drug-likeness (QED) is 0.420. The van der Waals surface area contributed by atoms with Crippen LogP contribution in [0.5, 0.6) is 0 Å². The molecule has 6 heteroatoms. The second kappa shape index (κ2) is 7.86. The number of aliphatic hydroxyl groups excluding tert-OH is 1. The summed E-state index contributed by atoms with van der Waals surface area (Å²) in [7, 11) is 0. The maximum absolute atomic E-state index is 14.1. The summed E-state index contributed by atoms with van der Waals surface area (Å²) in [5, 5.41) is 14.7. The smallest absolute Gasteiger partial charge is 0.126 e. The van der Waals surface area contributed by atoms with Crippen LogP contribution in [0.4, 0.5) is 10.1 Å². The second-order valence-corrected chi connectivity index (χ2v) is 5.80. The van der Waals surface area contributed by atoms with Crippen molar-refractivity contribution < 1.29 is 9.50 Å². The molecule has 0 aliphatic rings. The van der Waals surface area contributed by atoms with E-state index in [1.165, 1.54) is 12.1 Å². The zero-order valence-electron chi connectivity index (χ0n) is 14.3. The minimum absolute atomic E-state index is 0.0768. The van der Waals surface area contributed by atoms with Gasteiger partial charge in [0.2, 0.25) is 0 Å². The number of aliphatic hydroxyl groups is 1. The van der Waals surface area contributed by atoms with E-state index < -0.39 is 5.82 Å². The Morgan fingerprint density at radius 1 is 1.12 bits per heavy atom. The zero-order chi connectivity index (χ0) is 18.5. The first-order valence-electron chi connectivity index (χ1n) is 8.09. The predicted octanol–water partition coefficient (Wildman–Crippen LogP) is 3.48. The highest BCUT2D eigenvalue weighted by Crippen LogP contribution is 2.26. The maximum Gasteiger partial charge on any atom is 0.126 e. The second-order valence-electron chi connectivity index (χ2n) is 5.80. The van der Waals surface area contributed by atoms with Crippen LogP contribution in [0, 0.1) is 5.82 Å². The number of hydrazone groups is 1. The highest BCUT2D eigenvalue weighted by molar-refractivity contribution is 5.97. The molecule has 0 unspecified atom stereocenters. The minimum Gasteiger partial charge on any atom is -0.392 e. The van der Waals surface area contributed by atoms with Crippen LogP contribution in [0.2, 0.25) is 0 Å². The first kappa shape index (κ1) is 17.7. The van der Waals surface area contributed by atoms with Crippen molar-refractivity contribution in [2.45, 2.75) is 13.5 Å². The molecule has 3 N–H and O–H groups in total. The number of aromatic nitrogens is 1. The van der Waals surface area contributed by atoms with E-state index >= 15 is 0 Å². The SMILES string of the molecule is C/C(=N\N(N)c1cc(F)cc(-c2cccc(CO)c2)c1)c1ccccn1. The number of rotatable bonds is 5. The fraction of sp³-hybridized carbons (Fsp3) is 0.100. The predicted molar refractivity (Wildman–Crippen MR) is 101 cm³/mol. The molecule has 1 heterocycles. The molecule has 0 spiro atoms. The van der Waals surface area contributed by atoms with Crippen molar-refractivity contribution in [3.63, 3.8) is 0 Å². The summed E-state index contributed by atoms with van der Waals surface area (Å²) < 4.78 is 14.1. The lowest BCUT2D eigenvalue weighted by molar-refractivity contribution is 0.282. The van der Waals surface area contributed by atoms with Crippen LogP contribution >= 0.6 is 0 Å². The van der Waals surface area contributed by atoms with Crippen LogP contribution in [0.1, 0.15) is 18.2 Å². The fourth-order valence-electron chi connectivity index (χ4n) is 2.57. The number of hydrazine groups is 1. The summed E-state index contributed by atoms with van der Waals surface area (Å²) >= 11 is 0. The van der Waals surface area contributed by atoms with Crippen LogP contribution in [0.15, 0.2) is 72.0 Å². The summed E-state index contributed by atoms with van der Waals surface area (Å²) in [6.45, 7) is 1.71. The average Bonchev–Trinajstić information content (AvgIpc) is 2.68. The summed E-state index contributed by atoms with van der Waals surface area (Å²) in [5.41, 5.74) is 3.90. The van der Waals surface area contributed by atoms with Gasteiger partial charge in [0, 0.05) is 12.3 Å². The molecule has 0 aliphatic carbocycles. The molecule has 0 aliphatic heterocycles. The van der Waals surface area contributed by atoms with E-state index in [0.717, 1.165) is 16.2 Å². The van der Waals surface area contributed by atoms with Crippen molar-refractivity contribution in [2.24, 2.45) is 10.9 Å². The van der Waals surface area contributed by atoms with E-state index in [1.807, 2.05) is 36.4 Å². The minimum atomic E-state index is -0.423. The van der Waals surface area contributed by atoms with Gasteiger partial charge in [-0.2, -0.15) is 10.2 Å². The van der Waals surface area contributed by atoms with Crippen LogP contribution in [-0.4, -0.2) is 15.8 Å². The molecular weight excluding hydrogens is 331 g/mol. The number of nitrogens with zero attached hydrogens (tertiary/aromatic N) is 3. The van der Waals surface area contributed by atoms with E-state index in [-0.39, 0.29) is 6.61 Å². The molecular formula is C20H19FN4O. The molecule has 0 saturated carbocycles. The van der Waals surface area contributed by atoms with Gasteiger partial charge in [-0.3, -0.25) is 4.98 Å². The van der Waals surface area contributed by atoms with E-state index in [2.05, 4.69) is 10.1 Å². The van der Waals surface area contributed by atoms with Crippen molar-refractivity contribution in [3.8, 4) is 11.1 Å². The third-order valence-corrected chi connectivity index (χ3v) is 3.88. The standard InChI is InChI=1S/C20H19FN4O/c1-14(20-7-2-3-8-23-20)24-25(22)19-11-17(10-18(21)12-19)16-6-4-5-15(9-16)13-26/h2-12,26H,13,22H2,1H3/b24-14+. The highest BCUT2D eigenvalue weighted by Gasteiger charge is 2.09. The number of benzene rings is 2.